The highest BCUT2D eigenvalue weighted by Crippen LogP contribution is 2.19. The molecule has 0 saturated carbocycles. The molecule has 1 saturated heterocycles. The molecule has 1 heterocycles. The number of carbonyl (C=O) groups is 1. The van der Waals surface area contributed by atoms with Crippen LogP contribution in [-0.2, 0) is 9.53 Å². The monoisotopic (exact) mass is 249 g/mol. The minimum absolute atomic E-state index is 0.0374. The highest BCUT2D eigenvalue weighted by atomic mass is 16.5. The van der Waals surface area contributed by atoms with Gasteiger partial charge in [-0.25, -0.2) is 0 Å². The van der Waals surface area contributed by atoms with Gasteiger partial charge in [0.1, 0.15) is 0 Å². The van der Waals surface area contributed by atoms with Gasteiger partial charge in [0.2, 0.25) is 5.91 Å². The topological polar surface area (TPSA) is 58.6 Å². The van der Waals surface area contributed by atoms with Gasteiger partial charge < -0.3 is 15.2 Å². The molecule has 2 atom stereocenters. The van der Waals surface area contributed by atoms with Gasteiger partial charge in [-0.1, -0.05) is 12.1 Å². The fraction of sp³-hybridized carbons (Fsp3) is 0.500. The van der Waals surface area contributed by atoms with E-state index < -0.39 is 6.10 Å². The third-order valence-corrected chi connectivity index (χ3v) is 3.09. The van der Waals surface area contributed by atoms with E-state index >= 15 is 0 Å². The lowest BCUT2D eigenvalue weighted by atomic mass is 10.1. The zero-order valence-electron chi connectivity index (χ0n) is 10.6. The van der Waals surface area contributed by atoms with Crippen LogP contribution in [0.3, 0.4) is 0 Å². The molecule has 4 heteroatoms. The number of rotatable bonds is 4. The Bertz CT molecular complexity index is 411. The standard InChI is InChI=1S/C14H19NO3/c1-10(16)11-4-2-5-12(8-11)15-14(17)9-13-6-3-7-18-13/h2,4-5,8,10,13,16H,3,6-7,9H2,1H3,(H,15,17). The van der Waals surface area contributed by atoms with Crippen molar-refractivity contribution in [2.75, 3.05) is 11.9 Å². The summed E-state index contributed by atoms with van der Waals surface area (Å²) in [5.41, 5.74) is 1.52. The summed E-state index contributed by atoms with van der Waals surface area (Å²) in [4.78, 5) is 11.8. The first-order chi connectivity index (χ1) is 8.65. The lowest BCUT2D eigenvalue weighted by Gasteiger charge is -2.11. The normalized spacial score (nSPS) is 20.7. The lowest BCUT2D eigenvalue weighted by molar-refractivity contribution is -0.118. The molecule has 1 amide bonds. The number of amides is 1. The SMILES string of the molecule is CC(O)c1cccc(NC(=O)CC2CCCO2)c1. The Morgan fingerprint density at radius 3 is 3.11 bits per heavy atom. The van der Waals surface area contributed by atoms with Crippen LogP contribution >= 0.6 is 0 Å². The van der Waals surface area contributed by atoms with Gasteiger partial charge in [0.25, 0.3) is 0 Å². The van der Waals surface area contributed by atoms with Crippen LogP contribution in [0, 0.1) is 0 Å². The molecule has 1 aliphatic rings. The third kappa shape index (κ3) is 3.55. The Morgan fingerprint density at radius 2 is 2.44 bits per heavy atom. The van der Waals surface area contributed by atoms with Crippen LogP contribution in [0.1, 0.15) is 37.9 Å². The molecule has 2 N–H and O–H groups in total. The summed E-state index contributed by atoms with van der Waals surface area (Å²) in [5, 5.41) is 12.3. The van der Waals surface area contributed by atoms with Crippen LogP contribution in [0.5, 0.6) is 0 Å². The predicted molar refractivity (Wildman–Crippen MR) is 69.3 cm³/mol. The van der Waals surface area contributed by atoms with E-state index in [2.05, 4.69) is 5.32 Å². The molecule has 18 heavy (non-hydrogen) atoms. The smallest absolute Gasteiger partial charge is 0.226 e. The largest absolute Gasteiger partial charge is 0.389 e. The maximum Gasteiger partial charge on any atom is 0.226 e. The number of ether oxygens (including phenoxy) is 1. The van der Waals surface area contributed by atoms with Crippen molar-refractivity contribution in [1.29, 1.82) is 0 Å². The van der Waals surface area contributed by atoms with Crippen molar-refractivity contribution in [2.24, 2.45) is 0 Å². The van der Waals surface area contributed by atoms with E-state index in [1.165, 1.54) is 0 Å². The molecule has 1 fully saturated rings. The van der Waals surface area contributed by atoms with Crippen LogP contribution in [-0.4, -0.2) is 23.7 Å². The second-order valence-electron chi connectivity index (χ2n) is 4.69. The van der Waals surface area contributed by atoms with Crippen molar-refractivity contribution in [3.05, 3.63) is 29.8 Å². The predicted octanol–water partition coefficient (Wildman–Crippen LogP) is 2.25. The molecule has 2 rings (SSSR count). The molecular weight excluding hydrogens is 230 g/mol. The van der Waals surface area contributed by atoms with Crippen LogP contribution < -0.4 is 5.32 Å². The van der Waals surface area contributed by atoms with E-state index in [-0.39, 0.29) is 12.0 Å². The Morgan fingerprint density at radius 1 is 1.61 bits per heavy atom. The summed E-state index contributed by atoms with van der Waals surface area (Å²) in [6.07, 6.45) is 1.93. The van der Waals surface area contributed by atoms with Gasteiger partial charge in [0.15, 0.2) is 0 Å². The molecule has 0 bridgehead atoms. The van der Waals surface area contributed by atoms with E-state index in [0.29, 0.717) is 6.42 Å². The first-order valence-electron chi connectivity index (χ1n) is 6.34. The van der Waals surface area contributed by atoms with Crippen LogP contribution in [0.4, 0.5) is 5.69 Å². The van der Waals surface area contributed by atoms with E-state index in [0.717, 1.165) is 30.7 Å². The quantitative estimate of drug-likeness (QED) is 0.860. The fourth-order valence-corrected chi connectivity index (χ4v) is 2.10. The average molecular weight is 249 g/mol. The molecule has 1 aliphatic heterocycles. The van der Waals surface area contributed by atoms with E-state index in [9.17, 15) is 9.90 Å². The Balaban J connectivity index is 1.91. The number of nitrogens with one attached hydrogen (secondary N) is 1. The molecule has 4 nitrogen and oxygen atoms in total. The second kappa shape index (κ2) is 5.98. The molecule has 0 spiro atoms. The van der Waals surface area contributed by atoms with Crippen LogP contribution in [0.15, 0.2) is 24.3 Å². The van der Waals surface area contributed by atoms with Crippen molar-refractivity contribution in [1.82, 2.24) is 0 Å². The third-order valence-electron chi connectivity index (χ3n) is 3.09. The van der Waals surface area contributed by atoms with E-state index in [1.807, 2.05) is 18.2 Å². The van der Waals surface area contributed by atoms with Gasteiger partial charge in [0, 0.05) is 12.3 Å². The maximum atomic E-state index is 11.8. The lowest BCUT2D eigenvalue weighted by Crippen LogP contribution is -2.19. The summed E-state index contributed by atoms with van der Waals surface area (Å²) < 4.78 is 5.42. The van der Waals surface area contributed by atoms with Crippen molar-refractivity contribution >= 4 is 11.6 Å². The summed E-state index contributed by atoms with van der Waals surface area (Å²) in [6, 6.07) is 7.27. The zero-order chi connectivity index (χ0) is 13.0. The zero-order valence-corrected chi connectivity index (χ0v) is 10.6. The summed E-state index contributed by atoms with van der Waals surface area (Å²) in [7, 11) is 0. The van der Waals surface area contributed by atoms with Crippen molar-refractivity contribution in [2.45, 2.75) is 38.4 Å². The molecular formula is C14H19NO3. The Kier molecular flexibility index (Phi) is 4.33. The number of anilines is 1. The number of benzene rings is 1. The number of hydrogen-bond donors (Lipinski definition) is 2. The van der Waals surface area contributed by atoms with Crippen LogP contribution in [0.2, 0.25) is 0 Å². The Hall–Kier alpha value is -1.39. The number of aliphatic hydroxyl groups is 1. The van der Waals surface area contributed by atoms with Gasteiger partial charge in [-0.15, -0.1) is 0 Å². The second-order valence-corrected chi connectivity index (χ2v) is 4.69. The van der Waals surface area contributed by atoms with Gasteiger partial charge in [-0.2, -0.15) is 0 Å². The van der Waals surface area contributed by atoms with Gasteiger partial charge in [-0.3, -0.25) is 4.79 Å². The highest BCUT2D eigenvalue weighted by molar-refractivity contribution is 5.91. The maximum absolute atomic E-state index is 11.8. The average Bonchev–Trinajstić information content (AvgIpc) is 2.82. The minimum Gasteiger partial charge on any atom is -0.389 e. The van der Waals surface area contributed by atoms with E-state index in [4.69, 9.17) is 4.74 Å². The van der Waals surface area contributed by atoms with E-state index in [1.54, 1.807) is 13.0 Å². The summed E-state index contributed by atoms with van der Waals surface area (Å²) >= 11 is 0. The number of carbonyl (C=O) groups excluding carboxylic acids is 1. The van der Waals surface area contributed by atoms with Crippen LogP contribution in [0.25, 0.3) is 0 Å². The van der Waals surface area contributed by atoms with Gasteiger partial charge in [-0.05, 0) is 37.5 Å². The molecule has 0 aliphatic carbocycles. The van der Waals surface area contributed by atoms with Crippen molar-refractivity contribution in [3.63, 3.8) is 0 Å². The van der Waals surface area contributed by atoms with Crippen molar-refractivity contribution < 1.29 is 14.6 Å². The first-order valence-corrected chi connectivity index (χ1v) is 6.34. The summed E-state index contributed by atoms with van der Waals surface area (Å²) in [6.45, 7) is 2.46. The van der Waals surface area contributed by atoms with Crippen molar-refractivity contribution in [3.8, 4) is 0 Å². The Labute approximate surface area is 107 Å². The molecule has 98 valence electrons. The molecule has 0 aromatic heterocycles. The van der Waals surface area contributed by atoms with Gasteiger partial charge in [0.05, 0.1) is 18.6 Å². The van der Waals surface area contributed by atoms with Gasteiger partial charge >= 0.3 is 0 Å². The number of aliphatic hydroxyl groups excluding tert-OH is 1. The minimum atomic E-state index is -0.528. The number of hydrogen-bond acceptors (Lipinski definition) is 3. The first kappa shape index (κ1) is 13.1. The molecule has 1 aromatic carbocycles. The molecule has 0 radical (unpaired) electrons. The molecule has 2 unspecified atom stereocenters. The highest BCUT2D eigenvalue weighted by Gasteiger charge is 2.19. The molecule has 1 aromatic rings. The fourth-order valence-electron chi connectivity index (χ4n) is 2.10. The summed E-state index contributed by atoms with van der Waals surface area (Å²) in [5.74, 6) is -0.0374.